The number of nitrogens with one attached hydrogen (secondary N) is 1. The number of nitrogens with zero attached hydrogens (tertiary/aromatic N) is 1. The maximum Gasteiger partial charge on any atom is 0.355 e. The fourth-order valence-corrected chi connectivity index (χ4v) is 2.14. The van der Waals surface area contributed by atoms with Crippen molar-refractivity contribution in [3.8, 4) is 0 Å². The van der Waals surface area contributed by atoms with Crippen LogP contribution in [0.4, 0.5) is 5.69 Å². The Kier molecular flexibility index (Phi) is 6.45. The lowest BCUT2D eigenvalue weighted by atomic mass is 10.1. The second-order valence-electron chi connectivity index (χ2n) is 4.85. The summed E-state index contributed by atoms with van der Waals surface area (Å²) in [5, 5.41) is 13.1. The minimum atomic E-state index is -0.790. The maximum atomic E-state index is 12.2. The van der Waals surface area contributed by atoms with Crippen LogP contribution in [0.5, 0.6) is 0 Å². The molecule has 1 aromatic carbocycles. The first-order valence-corrected chi connectivity index (χ1v) is 8.01. The number of amides is 1. The van der Waals surface area contributed by atoms with Gasteiger partial charge in [0, 0.05) is 12.1 Å². The van der Waals surface area contributed by atoms with Gasteiger partial charge < -0.3 is 14.5 Å². The first kappa shape index (κ1) is 19.1. The Morgan fingerprint density at radius 3 is 2.50 bits per heavy atom. The number of halogens is 1. The van der Waals surface area contributed by atoms with E-state index in [2.05, 4.69) is 27.8 Å². The molecule has 0 saturated carbocycles. The first-order chi connectivity index (χ1) is 12.4. The van der Waals surface area contributed by atoms with Crippen LogP contribution in [-0.2, 0) is 9.53 Å². The maximum absolute atomic E-state index is 12.2. The highest BCUT2D eigenvalue weighted by Crippen LogP contribution is 2.16. The number of ether oxygens (including phenoxy) is 1. The zero-order valence-corrected chi connectivity index (χ0v) is 14.9. The lowest BCUT2D eigenvalue weighted by Crippen LogP contribution is -2.28. The summed E-state index contributed by atoms with van der Waals surface area (Å²) in [6.45, 7) is 3.40. The summed E-state index contributed by atoms with van der Waals surface area (Å²) in [4.78, 5) is 34.5. The molecule has 0 fully saturated rings. The quantitative estimate of drug-likeness (QED) is 0.241. The van der Waals surface area contributed by atoms with E-state index in [-0.39, 0.29) is 23.8 Å². The fourth-order valence-electron chi connectivity index (χ4n) is 1.84. The molecule has 0 aliphatic heterocycles. The highest BCUT2D eigenvalue weighted by molar-refractivity contribution is 9.10. The summed E-state index contributed by atoms with van der Waals surface area (Å²) in [5.41, 5.74) is 0.211. The molecule has 0 atom stereocenters. The van der Waals surface area contributed by atoms with Crippen molar-refractivity contribution in [2.45, 2.75) is 0 Å². The van der Waals surface area contributed by atoms with Crippen LogP contribution in [0.2, 0.25) is 0 Å². The number of furan rings is 1. The molecule has 0 spiro atoms. The molecule has 1 N–H and O–H groups in total. The smallest absolute Gasteiger partial charge is 0.355 e. The highest BCUT2D eigenvalue weighted by Gasteiger charge is 2.18. The molecule has 1 heterocycles. The van der Waals surface area contributed by atoms with Crippen molar-refractivity contribution < 1.29 is 23.7 Å². The molecule has 2 aromatic rings. The third-order valence-electron chi connectivity index (χ3n) is 3.01. The number of hydrogen-bond acceptors (Lipinski definition) is 6. The van der Waals surface area contributed by atoms with E-state index in [1.165, 1.54) is 48.6 Å². The predicted octanol–water partition coefficient (Wildman–Crippen LogP) is 3.45. The van der Waals surface area contributed by atoms with Crippen molar-refractivity contribution in [3.63, 3.8) is 0 Å². The Morgan fingerprint density at radius 2 is 1.96 bits per heavy atom. The number of nitro benzene ring substituents is 1. The minimum Gasteiger partial charge on any atom is -0.457 e. The molecule has 0 unspecified atom stereocenters. The van der Waals surface area contributed by atoms with Gasteiger partial charge in [-0.3, -0.25) is 14.9 Å². The second-order valence-corrected chi connectivity index (χ2v) is 5.63. The largest absolute Gasteiger partial charge is 0.457 e. The van der Waals surface area contributed by atoms with Crippen LogP contribution in [0.25, 0.3) is 6.08 Å². The number of nitro groups is 1. The average Bonchev–Trinajstić information content (AvgIpc) is 3.06. The normalized spacial score (nSPS) is 10.9. The van der Waals surface area contributed by atoms with Gasteiger partial charge in [-0.05, 0) is 51.8 Å². The first-order valence-electron chi connectivity index (χ1n) is 7.21. The predicted molar refractivity (Wildman–Crippen MR) is 96.1 cm³/mol. The molecule has 0 bridgehead atoms. The number of non-ortho nitro benzene ring substituents is 1. The molecular weight excluding hydrogens is 408 g/mol. The van der Waals surface area contributed by atoms with Crippen molar-refractivity contribution >= 4 is 39.6 Å². The summed E-state index contributed by atoms with van der Waals surface area (Å²) in [6, 6.07) is 8.40. The second kappa shape index (κ2) is 8.77. The lowest BCUT2D eigenvalue weighted by molar-refractivity contribution is -0.384. The Labute approximate surface area is 156 Å². The summed E-state index contributed by atoms with van der Waals surface area (Å²) in [6.07, 6.45) is 2.72. The molecule has 0 aliphatic rings. The summed E-state index contributed by atoms with van der Waals surface area (Å²) in [7, 11) is 0. The topological polar surface area (TPSA) is 112 Å². The van der Waals surface area contributed by atoms with Gasteiger partial charge in [0.2, 0.25) is 0 Å². The van der Waals surface area contributed by atoms with E-state index in [1.54, 1.807) is 0 Å². The van der Waals surface area contributed by atoms with Gasteiger partial charge in [0.05, 0.1) is 4.92 Å². The van der Waals surface area contributed by atoms with Gasteiger partial charge in [-0.2, -0.15) is 0 Å². The zero-order chi connectivity index (χ0) is 19.1. The van der Waals surface area contributed by atoms with E-state index in [0.29, 0.717) is 10.2 Å². The molecule has 0 radical (unpaired) electrons. The zero-order valence-electron chi connectivity index (χ0n) is 13.3. The van der Waals surface area contributed by atoms with Crippen molar-refractivity contribution in [2.24, 2.45) is 0 Å². The van der Waals surface area contributed by atoms with E-state index < -0.39 is 16.8 Å². The molecule has 2 rings (SSSR count). The number of rotatable bonds is 7. The number of benzene rings is 1. The van der Waals surface area contributed by atoms with Gasteiger partial charge in [-0.25, -0.2) is 4.79 Å². The van der Waals surface area contributed by atoms with Crippen molar-refractivity contribution in [3.05, 3.63) is 80.9 Å². The van der Waals surface area contributed by atoms with E-state index in [4.69, 9.17) is 9.15 Å². The van der Waals surface area contributed by atoms with Crippen molar-refractivity contribution in [1.82, 2.24) is 5.32 Å². The van der Waals surface area contributed by atoms with Crippen LogP contribution in [0.3, 0.4) is 0 Å². The van der Waals surface area contributed by atoms with Crippen molar-refractivity contribution in [2.75, 3.05) is 6.61 Å². The molecule has 1 aromatic heterocycles. The highest BCUT2D eigenvalue weighted by atomic mass is 79.9. The molecule has 0 aliphatic carbocycles. The summed E-state index contributed by atoms with van der Waals surface area (Å²) in [5.74, 6) is -1.45. The number of carbonyl (C=O) groups is 2. The van der Waals surface area contributed by atoms with Crippen LogP contribution in [-0.4, -0.2) is 23.4 Å². The van der Waals surface area contributed by atoms with Gasteiger partial charge in [-0.15, -0.1) is 0 Å². The monoisotopic (exact) mass is 420 g/mol. The third kappa shape index (κ3) is 5.15. The van der Waals surface area contributed by atoms with Gasteiger partial charge in [0.25, 0.3) is 11.6 Å². The Balaban J connectivity index is 2.27. The van der Waals surface area contributed by atoms with E-state index >= 15 is 0 Å². The lowest BCUT2D eigenvalue weighted by Gasteiger charge is -2.08. The Hall–Kier alpha value is -3.20. The molecule has 134 valence electrons. The van der Waals surface area contributed by atoms with E-state index in [1.807, 2.05) is 0 Å². The molecule has 8 nitrogen and oxygen atoms in total. The molecular formula is C17H13BrN2O6. The van der Waals surface area contributed by atoms with Gasteiger partial charge in [-0.1, -0.05) is 12.7 Å². The number of hydrogen-bond donors (Lipinski definition) is 1. The number of carbonyl (C=O) groups excluding carboxylic acids is 2. The van der Waals surface area contributed by atoms with E-state index in [0.717, 1.165) is 0 Å². The number of esters is 1. The van der Waals surface area contributed by atoms with Crippen LogP contribution < -0.4 is 5.32 Å². The molecule has 1 amide bonds. The van der Waals surface area contributed by atoms with Gasteiger partial charge >= 0.3 is 5.97 Å². The SMILES string of the molecule is C=CCOC(=O)/C(=C/c1ccc([N+](=O)[O-])cc1)NC(=O)c1ccc(Br)o1. The van der Waals surface area contributed by atoms with E-state index in [9.17, 15) is 19.7 Å². The van der Waals surface area contributed by atoms with Crippen LogP contribution in [0.15, 0.2) is 63.8 Å². The van der Waals surface area contributed by atoms with Crippen LogP contribution in [0, 0.1) is 10.1 Å². The van der Waals surface area contributed by atoms with Crippen molar-refractivity contribution in [1.29, 1.82) is 0 Å². The molecule has 0 saturated heterocycles. The Morgan fingerprint density at radius 1 is 1.27 bits per heavy atom. The summed E-state index contributed by atoms with van der Waals surface area (Å²) >= 11 is 3.08. The van der Waals surface area contributed by atoms with Crippen LogP contribution in [0.1, 0.15) is 16.1 Å². The minimum absolute atomic E-state index is 0.0111. The van der Waals surface area contributed by atoms with Gasteiger partial charge in [0.1, 0.15) is 12.3 Å². The fraction of sp³-hybridized carbons (Fsp3) is 0.0588. The molecule has 26 heavy (non-hydrogen) atoms. The standard InChI is InChI=1S/C17H13BrN2O6/c1-2-9-25-17(22)13(19-16(21)14-7-8-15(18)26-14)10-11-3-5-12(6-4-11)20(23)24/h2-8,10H,1,9H2,(H,19,21)/b13-10-. The summed E-state index contributed by atoms with van der Waals surface area (Å²) < 4.78 is 10.4. The molecule has 9 heteroatoms. The average molecular weight is 421 g/mol. The Bertz CT molecular complexity index is 870. The van der Waals surface area contributed by atoms with Gasteiger partial charge in [0.15, 0.2) is 10.4 Å². The van der Waals surface area contributed by atoms with Crippen LogP contribution >= 0.6 is 15.9 Å². The third-order valence-corrected chi connectivity index (χ3v) is 3.44.